The van der Waals surface area contributed by atoms with Crippen molar-refractivity contribution in [2.24, 2.45) is 5.92 Å². The van der Waals surface area contributed by atoms with Crippen molar-refractivity contribution in [1.82, 2.24) is 4.98 Å². The van der Waals surface area contributed by atoms with Gasteiger partial charge in [-0.05, 0) is 24.8 Å². The van der Waals surface area contributed by atoms with Gasteiger partial charge in [-0.3, -0.25) is 4.79 Å². The van der Waals surface area contributed by atoms with Crippen LogP contribution in [0.15, 0.2) is 6.20 Å². The molecule has 1 aromatic rings. The highest BCUT2D eigenvalue weighted by molar-refractivity contribution is 5.99. The molecule has 0 bridgehead atoms. The number of nitrogens with zero attached hydrogens (tertiary/aromatic N) is 1. The molecule has 0 radical (unpaired) electrons. The van der Waals surface area contributed by atoms with E-state index in [1.807, 2.05) is 6.92 Å². The summed E-state index contributed by atoms with van der Waals surface area (Å²) in [7, 11) is 3.08. The summed E-state index contributed by atoms with van der Waals surface area (Å²) in [6.07, 6.45) is 3.95. The summed E-state index contributed by atoms with van der Waals surface area (Å²) >= 11 is 0. The van der Waals surface area contributed by atoms with Crippen molar-refractivity contribution in [2.75, 3.05) is 24.8 Å². The van der Waals surface area contributed by atoms with Crippen LogP contribution >= 0.6 is 0 Å². The molecule has 1 aliphatic carbocycles. The van der Waals surface area contributed by atoms with Gasteiger partial charge < -0.3 is 15.4 Å². The maximum absolute atomic E-state index is 11.8. The zero-order valence-electron chi connectivity index (χ0n) is 11.9. The number of anilines is 2. The number of hydrogen-bond donors (Lipinski definition) is 2. The monoisotopic (exact) mass is 277 g/mol. The number of nitrogens with one attached hydrogen (secondary N) is 2. The molecule has 2 rings (SSSR count). The number of hydrogen-bond acceptors (Lipinski definition) is 5. The summed E-state index contributed by atoms with van der Waals surface area (Å²) in [5, 5.41) is 5.83. The second-order valence-electron chi connectivity index (χ2n) is 4.73. The first-order valence-corrected chi connectivity index (χ1v) is 6.71. The molecule has 20 heavy (non-hydrogen) atoms. The normalized spacial score (nSPS) is 13.8. The Morgan fingerprint density at radius 1 is 1.45 bits per heavy atom. The number of methoxy groups -OCH3 is 1. The lowest BCUT2D eigenvalue weighted by Gasteiger charge is -2.16. The molecule has 0 atom stereocenters. The minimum Gasteiger partial charge on any atom is -0.465 e. The van der Waals surface area contributed by atoms with Crippen molar-refractivity contribution in [1.29, 1.82) is 0 Å². The average molecular weight is 277 g/mol. The van der Waals surface area contributed by atoms with E-state index in [9.17, 15) is 9.59 Å². The molecule has 1 aromatic heterocycles. The molecule has 0 unspecified atom stereocenters. The van der Waals surface area contributed by atoms with E-state index >= 15 is 0 Å². The van der Waals surface area contributed by atoms with Crippen LogP contribution in [0.1, 0.15) is 35.7 Å². The summed E-state index contributed by atoms with van der Waals surface area (Å²) in [4.78, 5) is 27.8. The van der Waals surface area contributed by atoms with Gasteiger partial charge in [0.1, 0.15) is 0 Å². The van der Waals surface area contributed by atoms with E-state index < -0.39 is 5.97 Å². The second kappa shape index (κ2) is 5.90. The predicted molar refractivity (Wildman–Crippen MR) is 75.9 cm³/mol. The molecule has 108 valence electrons. The van der Waals surface area contributed by atoms with Gasteiger partial charge in [-0.2, -0.15) is 0 Å². The lowest BCUT2D eigenvalue weighted by molar-refractivity contribution is -0.117. The van der Waals surface area contributed by atoms with Crippen LogP contribution in [0.4, 0.5) is 11.5 Å². The molecule has 1 saturated carbocycles. The van der Waals surface area contributed by atoms with Gasteiger partial charge in [-0.25, -0.2) is 9.78 Å². The molecule has 6 heteroatoms. The zero-order chi connectivity index (χ0) is 14.7. The van der Waals surface area contributed by atoms with Crippen LogP contribution < -0.4 is 10.6 Å². The number of carbonyl (C=O) groups is 2. The Labute approximate surface area is 117 Å². The van der Waals surface area contributed by atoms with Gasteiger partial charge in [-0.15, -0.1) is 0 Å². The predicted octanol–water partition coefficient (Wildman–Crippen LogP) is 1.82. The van der Waals surface area contributed by atoms with Crippen molar-refractivity contribution in [3.8, 4) is 0 Å². The first-order valence-electron chi connectivity index (χ1n) is 6.71. The highest BCUT2D eigenvalue weighted by Crippen LogP contribution is 2.32. The number of rotatable bonds is 5. The number of esters is 1. The van der Waals surface area contributed by atoms with Crippen molar-refractivity contribution in [2.45, 2.75) is 26.2 Å². The van der Waals surface area contributed by atoms with Crippen LogP contribution in [0, 0.1) is 5.92 Å². The number of aromatic nitrogens is 1. The fourth-order valence-electron chi connectivity index (χ4n) is 2.13. The second-order valence-corrected chi connectivity index (χ2v) is 4.73. The highest BCUT2D eigenvalue weighted by atomic mass is 16.5. The topological polar surface area (TPSA) is 80.3 Å². The molecule has 6 nitrogen and oxygen atoms in total. The van der Waals surface area contributed by atoms with Crippen LogP contribution in [-0.4, -0.2) is 31.0 Å². The van der Waals surface area contributed by atoms with Crippen molar-refractivity contribution < 1.29 is 14.3 Å². The quantitative estimate of drug-likeness (QED) is 0.802. The lowest BCUT2D eigenvalue weighted by Crippen LogP contribution is -2.18. The van der Waals surface area contributed by atoms with Crippen LogP contribution in [0.5, 0.6) is 0 Å². The zero-order valence-corrected chi connectivity index (χ0v) is 11.9. The number of ether oxygens (including phenoxy) is 1. The van der Waals surface area contributed by atoms with Crippen molar-refractivity contribution in [3.05, 3.63) is 17.3 Å². The number of amides is 1. The summed E-state index contributed by atoms with van der Waals surface area (Å²) in [6, 6.07) is 0. The van der Waals surface area contributed by atoms with Gasteiger partial charge in [0.05, 0.1) is 18.4 Å². The lowest BCUT2D eigenvalue weighted by atomic mass is 10.1. The Morgan fingerprint density at radius 3 is 2.65 bits per heavy atom. The molecule has 0 aromatic carbocycles. The van der Waals surface area contributed by atoms with E-state index in [1.165, 1.54) is 13.3 Å². The molecule has 0 aliphatic heterocycles. The van der Waals surface area contributed by atoms with Gasteiger partial charge in [0.2, 0.25) is 5.91 Å². The van der Waals surface area contributed by atoms with Crippen LogP contribution in [-0.2, 0) is 16.0 Å². The Morgan fingerprint density at radius 2 is 2.15 bits per heavy atom. The maximum Gasteiger partial charge on any atom is 0.339 e. The van der Waals surface area contributed by atoms with Gasteiger partial charge in [0.25, 0.3) is 0 Å². The SMILES string of the molecule is CCc1c(C(=O)OC)cnc(NC(=O)C2CC2)c1NC. The molecule has 1 aliphatic rings. The minimum absolute atomic E-state index is 0.0122. The number of pyridine rings is 1. The third-order valence-corrected chi connectivity index (χ3v) is 3.39. The van der Waals surface area contributed by atoms with Gasteiger partial charge in [-0.1, -0.05) is 6.92 Å². The molecule has 0 saturated heterocycles. The van der Waals surface area contributed by atoms with Crippen LogP contribution in [0.3, 0.4) is 0 Å². The largest absolute Gasteiger partial charge is 0.465 e. The van der Waals surface area contributed by atoms with Crippen LogP contribution in [0.2, 0.25) is 0 Å². The Hall–Kier alpha value is -2.11. The summed E-state index contributed by atoms with van der Waals surface area (Å²) in [6.45, 7) is 1.94. The molecular formula is C14H19N3O3. The van der Waals surface area contributed by atoms with E-state index in [1.54, 1.807) is 7.05 Å². The Balaban J connectivity index is 2.37. The van der Waals surface area contributed by atoms with Crippen molar-refractivity contribution in [3.63, 3.8) is 0 Å². The summed E-state index contributed by atoms with van der Waals surface area (Å²) < 4.78 is 4.75. The van der Waals surface area contributed by atoms with Crippen LogP contribution in [0.25, 0.3) is 0 Å². The molecule has 1 fully saturated rings. The first kappa shape index (κ1) is 14.3. The highest BCUT2D eigenvalue weighted by Gasteiger charge is 2.30. The Kier molecular flexibility index (Phi) is 4.22. The standard InChI is InChI=1S/C14H19N3O3/c1-4-9-10(14(19)20-3)7-16-12(11(9)15-2)17-13(18)8-5-6-8/h7-8,15H,4-6H2,1-3H3,(H,16,17,18). The summed E-state index contributed by atoms with van der Waals surface area (Å²) in [5.41, 5.74) is 1.88. The Bertz CT molecular complexity index is 539. The fourth-order valence-corrected chi connectivity index (χ4v) is 2.13. The van der Waals surface area contributed by atoms with E-state index in [0.717, 1.165) is 18.4 Å². The fraction of sp³-hybridized carbons (Fsp3) is 0.500. The smallest absolute Gasteiger partial charge is 0.339 e. The van der Waals surface area contributed by atoms with Gasteiger partial charge in [0.15, 0.2) is 5.82 Å². The van der Waals surface area contributed by atoms with E-state index in [0.29, 0.717) is 23.5 Å². The van der Waals surface area contributed by atoms with E-state index in [-0.39, 0.29) is 11.8 Å². The van der Waals surface area contributed by atoms with Gasteiger partial charge in [0, 0.05) is 19.2 Å². The van der Waals surface area contributed by atoms with E-state index in [2.05, 4.69) is 15.6 Å². The molecule has 2 N–H and O–H groups in total. The molecule has 0 spiro atoms. The average Bonchev–Trinajstić information content (AvgIpc) is 3.30. The third kappa shape index (κ3) is 2.74. The maximum atomic E-state index is 11.8. The third-order valence-electron chi connectivity index (χ3n) is 3.39. The molecule has 1 heterocycles. The van der Waals surface area contributed by atoms with Crippen molar-refractivity contribution >= 4 is 23.4 Å². The first-order chi connectivity index (χ1) is 9.62. The number of carbonyl (C=O) groups excluding carboxylic acids is 2. The van der Waals surface area contributed by atoms with Gasteiger partial charge >= 0.3 is 5.97 Å². The summed E-state index contributed by atoms with van der Waals surface area (Å²) in [5.74, 6) is 0.133. The molecule has 1 amide bonds. The van der Waals surface area contributed by atoms with E-state index in [4.69, 9.17) is 4.74 Å². The molecular weight excluding hydrogens is 258 g/mol. The minimum atomic E-state index is -0.425.